The summed E-state index contributed by atoms with van der Waals surface area (Å²) in [6, 6.07) is 21.5. The van der Waals surface area contributed by atoms with Crippen LogP contribution in [0, 0.1) is 0 Å². The maximum Gasteiger partial charge on any atom is 0.285 e. The van der Waals surface area contributed by atoms with Crippen LogP contribution in [-0.4, -0.2) is 12.6 Å². The average Bonchev–Trinajstić information content (AvgIpc) is 2.97. The topological polar surface area (TPSA) is 33.6 Å². The van der Waals surface area contributed by atoms with Crippen molar-refractivity contribution < 1.29 is 4.74 Å². The standard InChI is InChI=1S/C17H18N2O/c1-13(14-8-4-2-5-9-14)18-17-19-16(12-20-17)15-10-6-3-7-11-15/h2-11,13,16H,12H2,1H3,(H,18,19)/t13?,16-/m1/s1. The third-order valence-corrected chi connectivity index (χ3v) is 3.47. The molecule has 0 amide bonds. The van der Waals surface area contributed by atoms with Gasteiger partial charge in [-0.1, -0.05) is 60.7 Å². The smallest absolute Gasteiger partial charge is 0.285 e. The van der Waals surface area contributed by atoms with Gasteiger partial charge in [0.15, 0.2) is 0 Å². The highest BCUT2D eigenvalue weighted by Crippen LogP contribution is 2.23. The molecule has 0 saturated carbocycles. The zero-order valence-corrected chi connectivity index (χ0v) is 11.5. The molecule has 1 heterocycles. The number of rotatable bonds is 3. The van der Waals surface area contributed by atoms with E-state index in [1.165, 1.54) is 11.1 Å². The number of hydrogen-bond donors (Lipinski definition) is 1. The van der Waals surface area contributed by atoms with Crippen molar-refractivity contribution in [2.75, 3.05) is 6.61 Å². The maximum absolute atomic E-state index is 5.65. The van der Waals surface area contributed by atoms with Gasteiger partial charge in [-0.3, -0.25) is 0 Å². The minimum absolute atomic E-state index is 0.0988. The lowest BCUT2D eigenvalue weighted by Gasteiger charge is -2.14. The first-order valence-corrected chi connectivity index (χ1v) is 6.90. The highest BCUT2D eigenvalue weighted by Gasteiger charge is 2.21. The number of nitrogens with one attached hydrogen (secondary N) is 1. The molecule has 0 aromatic heterocycles. The summed E-state index contributed by atoms with van der Waals surface area (Å²) in [7, 11) is 0. The van der Waals surface area contributed by atoms with Crippen LogP contribution in [0.5, 0.6) is 0 Å². The predicted octanol–water partition coefficient (Wildman–Crippen LogP) is 3.46. The van der Waals surface area contributed by atoms with E-state index in [-0.39, 0.29) is 12.1 Å². The number of ether oxygens (including phenoxy) is 1. The first-order chi connectivity index (χ1) is 9.83. The molecule has 2 aromatic rings. The van der Waals surface area contributed by atoms with Crippen LogP contribution < -0.4 is 5.32 Å². The molecular formula is C17H18N2O. The molecule has 0 spiro atoms. The molecule has 20 heavy (non-hydrogen) atoms. The van der Waals surface area contributed by atoms with Gasteiger partial charge in [-0.05, 0) is 18.1 Å². The molecule has 0 bridgehead atoms. The summed E-state index contributed by atoms with van der Waals surface area (Å²) in [5, 5.41) is 3.32. The minimum Gasteiger partial charge on any atom is -0.463 e. The van der Waals surface area contributed by atoms with Gasteiger partial charge in [0.25, 0.3) is 6.02 Å². The van der Waals surface area contributed by atoms with Gasteiger partial charge in [-0.2, -0.15) is 0 Å². The van der Waals surface area contributed by atoms with E-state index in [0.717, 1.165) is 0 Å². The Morgan fingerprint density at radius 3 is 2.40 bits per heavy atom. The lowest BCUT2D eigenvalue weighted by atomic mass is 10.1. The van der Waals surface area contributed by atoms with Gasteiger partial charge in [0.05, 0.1) is 6.04 Å². The van der Waals surface area contributed by atoms with Crippen LogP contribution in [0.25, 0.3) is 0 Å². The van der Waals surface area contributed by atoms with E-state index >= 15 is 0 Å². The molecule has 0 fully saturated rings. The monoisotopic (exact) mass is 266 g/mol. The average molecular weight is 266 g/mol. The summed E-state index contributed by atoms with van der Waals surface area (Å²) in [6.45, 7) is 2.71. The molecule has 1 aliphatic heterocycles. The van der Waals surface area contributed by atoms with Gasteiger partial charge in [0.2, 0.25) is 0 Å². The summed E-state index contributed by atoms with van der Waals surface area (Å²) in [5.74, 6) is 0. The van der Waals surface area contributed by atoms with Crippen molar-refractivity contribution in [3.05, 3.63) is 71.8 Å². The van der Waals surface area contributed by atoms with Crippen LogP contribution in [0.2, 0.25) is 0 Å². The second kappa shape index (κ2) is 5.78. The Labute approximate surface area is 119 Å². The van der Waals surface area contributed by atoms with Crippen molar-refractivity contribution >= 4 is 6.02 Å². The lowest BCUT2D eigenvalue weighted by molar-refractivity contribution is 0.302. The van der Waals surface area contributed by atoms with Crippen LogP contribution in [-0.2, 0) is 4.74 Å². The molecule has 102 valence electrons. The fourth-order valence-electron chi connectivity index (χ4n) is 2.31. The molecule has 1 unspecified atom stereocenters. The summed E-state index contributed by atoms with van der Waals surface area (Å²) in [6.07, 6.45) is 0. The summed E-state index contributed by atoms with van der Waals surface area (Å²) in [5.41, 5.74) is 2.42. The van der Waals surface area contributed by atoms with E-state index in [4.69, 9.17) is 4.74 Å². The number of amidine groups is 1. The van der Waals surface area contributed by atoms with Crippen molar-refractivity contribution in [2.24, 2.45) is 4.99 Å². The third kappa shape index (κ3) is 2.82. The van der Waals surface area contributed by atoms with Crippen molar-refractivity contribution in [2.45, 2.75) is 19.0 Å². The quantitative estimate of drug-likeness (QED) is 0.923. The van der Waals surface area contributed by atoms with E-state index in [1.807, 2.05) is 36.4 Å². The minimum atomic E-state index is 0.0988. The van der Waals surface area contributed by atoms with E-state index in [0.29, 0.717) is 12.6 Å². The van der Waals surface area contributed by atoms with Gasteiger partial charge < -0.3 is 10.1 Å². The van der Waals surface area contributed by atoms with E-state index in [1.54, 1.807) is 0 Å². The Hall–Kier alpha value is -2.29. The Morgan fingerprint density at radius 2 is 1.70 bits per heavy atom. The van der Waals surface area contributed by atoms with Crippen molar-refractivity contribution in [1.29, 1.82) is 0 Å². The number of aliphatic imine (C=N–C) groups is 1. The first kappa shape index (κ1) is 12.7. The summed E-state index contributed by atoms with van der Waals surface area (Å²) in [4.78, 5) is 4.61. The van der Waals surface area contributed by atoms with Crippen LogP contribution in [0.1, 0.15) is 30.1 Å². The zero-order valence-electron chi connectivity index (χ0n) is 11.5. The molecule has 3 rings (SSSR count). The fraction of sp³-hybridized carbons (Fsp3) is 0.235. The van der Waals surface area contributed by atoms with Gasteiger partial charge in [0, 0.05) is 0 Å². The number of nitrogens with zero attached hydrogens (tertiary/aromatic N) is 1. The largest absolute Gasteiger partial charge is 0.463 e. The van der Waals surface area contributed by atoms with Gasteiger partial charge in [-0.25, -0.2) is 4.99 Å². The van der Waals surface area contributed by atoms with E-state index < -0.39 is 0 Å². The first-order valence-electron chi connectivity index (χ1n) is 6.90. The Kier molecular flexibility index (Phi) is 3.68. The van der Waals surface area contributed by atoms with Crippen LogP contribution in [0.4, 0.5) is 0 Å². The predicted molar refractivity (Wildman–Crippen MR) is 80.6 cm³/mol. The maximum atomic E-state index is 5.65. The molecule has 1 N–H and O–H groups in total. The number of hydrogen-bond acceptors (Lipinski definition) is 3. The molecule has 0 saturated heterocycles. The highest BCUT2D eigenvalue weighted by molar-refractivity contribution is 5.76. The highest BCUT2D eigenvalue weighted by atomic mass is 16.5. The van der Waals surface area contributed by atoms with Crippen LogP contribution in [0.3, 0.4) is 0 Å². The zero-order chi connectivity index (χ0) is 13.8. The second-order valence-corrected chi connectivity index (χ2v) is 4.95. The van der Waals surface area contributed by atoms with Gasteiger partial charge in [0.1, 0.15) is 12.6 Å². The third-order valence-electron chi connectivity index (χ3n) is 3.47. The van der Waals surface area contributed by atoms with Crippen molar-refractivity contribution in [1.82, 2.24) is 5.32 Å². The van der Waals surface area contributed by atoms with Crippen LogP contribution in [0.15, 0.2) is 65.7 Å². The van der Waals surface area contributed by atoms with Crippen LogP contribution >= 0.6 is 0 Å². The van der Waals surface area contributed by atoms with E-state index in [9.17, 15) is 0 Å². The molecular weight excluding hydrogens is 248 g/mol. The molecule has 3 heteroatoms. The SMILES string of the molecule is CC(NC1=N[C@@H](c2ccccc2)CO1)c1ccccc1. The normalized spacial score (nSPS) is 19.1. The molecule has 2 aromatic carbocycles. The van der Waals surface area contributed by atoms with Gasteiger partial charge >= 0.3 is 0 Å². The molecule has 0 aliphatic carbocycles. The summed E-state index contributed by atoms with van der Waals surface area (Å²) < 4.78 is 5.65. The molecule has 3 nitrogen and oxygen atoms in total. The molecule has 2 atom stereocenters. The Bertz CT molecular complexity index is 580. The summed E-state index contributed by atoms with van der Waals surface area (Å²) >= 11 is 0. The Morgan fingerprint density at radius 1 is 1.05 bits per heavy atom. The molecule has 0 radical (unpaired) electrons. The van der Waals surface area contributed by atoms with Gasteiger partial charge in [-0.15, -0.1) is 0 Å². The second-order valence-electron chi connectivity index (χ2n) is 4.95. The fourth-order valence-corrected chi connectivity index (χ4v) is 2.31. The molecule has 1 aliphatic rings. The van der Waals surface area contributed by atoms with Crippen molar-refractivity contribution in [3.8, 4) is 0 Å². The lowest BCUT2D eigenvalue weighted by Crippen LogP contribution is -2.26. The Balaban J connectivity index is 1.67. The van der Waals surface area contributed by atoms with E-state index in [2.05, 4.69) is 41.5 Å². The number of benzene rings is 2. The van der Waals surface area contributed by atoms with Crippen molar-refractivity contribution in [3.63, 3.8) is 0 Å².